The van der Waals surface area contributed by atoms with Crippen molar-refractivity contribution in [3.8, 4) is 0 Å². The fourth-order valence-electron chi connectivity index (χ4n) is 0. The van der Waals surface area contributed by atoms with Gasteiger partial charge in [-0.05, 0) is 0 Å². The Morgan fingerprint density at radius 3 is 0.176 bits per heavy atom. The van der Waals surface area contributed by atoms with Gasteiger partial charge in [-0.25, -0.2) is 0 Å². The minimum atomic E-state index is 0. The van der Waals surface area contributed by atoms with Crippen LogP contribution < -0.4 is 0 Å². The number of rotatable bonds is 0. The zero-order chi connectivity index (χ0) is 0. The molecule has 0 aliphatic heterocycles. The summed E-state index contributed by atoms with van der Waals surface area (Å²) in [6, 6.07) is 0. The van der Waals surface area contributed by atoms with Crippen LogP contribution in [0.4, 0.5) is 0 Å². The molecule has 14 nitrogen and oxygen atoms in total. The first kappa shape index (κ1) is 5220. The Morgan fingerprint density at radius 1 is 0.176 bits per heavy atom. The van der Waals surface area contributed by atoms with E-state index in [0.717, 1.165) is 0 Å². The van der Waals surface area contributed by atoms with Crippen LogP contribution in [-0.2, 0) is 89.5 Å². The minimum absolute atomic E-state index is 0. The van der Waals surface area contributed by atoms with E-state index < -0.39 is 0 Å². The summed E-state index contributed by atoms with van der Waals surface area (Å²) in [5, 5.41) is 0. The van der Waals surface area contributed by atoms with E-state index >= 15 is 0 Å². The molecule has 0 radical (unpaired) electrons. The van der Waals surface area contributed by atoms with E-state index in [1.807, 2.05) is 0 Å². The van der Waals surface area contributed by atoms with Gasteiger partial charge < -0.3 is 76.7 Å². The maximum atomic E-state index is 0. The summed E-state index contributed by atoms with van der Waals surface area (Å²) in [6.45, 7) is 0. The molecular formula is H7Mn3O14. The molecule has 0 atom stereocenters. The Kier molecular flexibility index (Phi) is 1340000. The molecule has 0 bridgehead atoms. The third-order valence-electron chi connectivity index (χ3n) is 0. The monoisotopic (exact) mass is 396 g/mol. The maximum absolute atomic E-state index is 0. The summed E-state index contributed by atoms with van der Waals surface area (Å²) in [4.78, 5) is 0. The summed E-state index contributed by atoms with van der Waals surface area (Å²) in [5.41, 5.74) is 0. The van der Waals surface area contributed by atoms with Gasteiger partial charge in [-0.1, -0.05) is 0 Å². The van der Waals surface area contributed by atoms with Gasteiger partial charge in [0.15, 0.2) is 0 Å². The third-order valence-corrected chi connectivity index (χ3v) is 0. The molecule has 0 unspecified atom stereocenters. The molecule has 0 heterocycles. The Labute approximate surface area is 128 Å². The van der Waals surface area contributed by atoms with Crippen molar-refractivity contribution in [1.82, 2.24) is 0 Å². The van der Waals surface area contributed by atoms with Crippen LogP contribution in [0.1, 0.15) is 0 Å². The Morgan fingerprint density at radius 2 is 0.176 bits per heavy atom. The van der Waals surface area contributed by atoms with Gasteiger partial charge in [0.25, 0.3) is 0 Å². The molecule has 17 heavy (non-hydrogen) atoms. The van der Waals surface area contributed by atoms with Gasteiger partial charge in [0.1, 0.15) is 0 Å². The van der Waals surface area contributed by atoms with Crippen LogP contribution in [0.25, 0.3) is 0 Å². The number of hydrogen-bond acceptors (Lipinski definition) is 7. The molecule has 0 aliphatic carbocycles. The van der Waals surface area contributed by atoms with E-state index in [9.17, 15) is 0 Å². The van der Waals surface area contributed by atoms with Crippen molar-refractivity contribution >= 4 is 0 Å². The zero-order valence-corrected chi connectivity index (χ0v) is 10.7. The summed E-state index contributed by atoms with van der Waals surface area (Å²) in [7, 11) is 0. The predicted octanol–water partition coefficient (Wildman–Crippen LogP) is -2.08. The fourth-order valence-corrected chi connectivity index (χ4v) is 0. The van der Waals surface area contributed by atoms with Gasteiger partial charge in [-0.2, -0.15) is 0 Å². The van der Waals surface area contributed by atoms with Crippen LogP contribution in [0.5, 0.6) is 0 Å². The van der Waals surface area contributed by atoms with E-state index in [2.05, 4.69) is 0 Å². The molecule has 0 saturated carbocycles. The zero-order valence-electron chi connectivity index (χ0n) is 7.12. The van der Waals surface area contributed by atoms with Crippen molar-refractivity contribution in [3.05, 3.63) is 0 Å². The van der Waals surface area contributed by atoms with E-state index in [1.165, 1.54) is 0 Å². The number of hydrogen-bond donors (Lipinski definition) is 0. The maximum Gasteiger partial charge on any atom is 7.00 e. The molecule has 0 spiro atoms. The quantitative estimate of drug-likeness (QED) is 0.410. The summed E-state index contributed by atoms with van der Waals surface area (Å²) < 4.78 is 0. The largest absolute Gasteiger partial charge is 7.00 e. The molecule has 0 aromatic heterocycles. The summed E-state index contributed by atoms with van der Waals surface area (Å²) in [5.74, 6) is 0. The van der Waals surface area contributed by atoms with Gasteiger partial charge >= 0.3 is 51.2 Å². The summed E-state index contributed by atoms with van der Waals surface area (Å²) in [6.07, 6.45) is 0. The van der Waals surface area contributed by atoms with Crippen LogP contribution in [-0.4, -0.2) is 38.3 Å². The first-order chi connectivity index (χ1) is 0. The Hall–Kier alpha value is 0.998. The van der Waals surface area contributed by atoms with Gasteiger partial charge in [0.05, 0.1) is 0 Å². The molecule has 0 rings (SSSR count). The van der Waals surface area contributed by atoms with Crippen LogP contribution in [0.3, 0.4) is 0 Å². The van der Waals surface area contributed by atoms with E-state index in [4.69, 9.17) is 0 Å². The van der Waals surface area contributed by atoms with Crippen molar-refractivity contribution in [2.45, 2.75) is 0 Å². The minimum Gasteiger partial charge on any atom is -2.00 e. The van der Waals surface area contributed by atoms with Crippen LogP contribution >= 0.6 is 0 Å². The average Bonchev–Trinajstić information content (AvgIpc) is 0. The van der Waals surface area contributed by atoms with Gasteiger partial charge in [0, 0.05) is 0 Å². The Bertz CT molecular complexity index is 11.4. The van der Waals surface area contributed by atoms with Gasteiger partial charge in [-0.3, -0.25) is 0 Å². The molecule has 0 aliphatic rings. The second-order valence-electron chi connectivity index (χ2n) is 0. The normalized spacial score (nSPS) is 0. The van der Waals surface area contributed by atoms with Crippen molar-refractivity contribution in [2.75, 3.05) is 0 Å². The van der Waals surface area contributed by atoms with Crippen molar-refractivity contribution in [2.24, 2.45) is 0 Å². The molecule has 0 amide bonds. The molecule has 112 valence electrons. The molecule has 0 fully saturated rings. The van der Waals surface area contributed by atoms with E-state index in [1.54, 1.807) is 0 Å². The second-order valence-corrected chi connectivity index (χ2v) is 0. The molecule has 0 aromatic carbocycles. The molecule has 0 saturated heterocycles. The first-order valence-electron chi connectivity index (χ1n) is 0. The predicted molar refractivity (Wildman–Crippen MR) is 18.4 cm³/mol. The van der Waals surface area contributed by atoms with E-state index in [0.29, 0.717) is 0 Å². The fraction of sp³-hybridized carbons (Fsp3) is 0. The van der Waals surface area contributed by atoms with Gasteiger partial charge in [0.2, 0.25) is 0 Å². The SMILES string of the molecule is [Mn+7].[Mn+7].[Mn+7].[O-2].[O-2].[O-2].[O-2].[O-2].[O-2].[O-2].[OH-].[OH-].[OH-].[OH-].[OH-].[OH-].[OH-]. The topological polar surface area (TPSA) is 410 Å². The average molecular weight is 396 g/mol. The molecule has 0 aromatic rings. The molecule has 17 heteroatoms. The van der Waals surface area contributed by atoms with E-state index in [-0.39, 0.29) is 128 Å². The first-order valence-corrected chi connectivity index (χ1v) is 0. The van der Waals surface area contributed by atoms with Crippen molar-refractivity contribution < 1.29 is 128 Å². The van der Waals surface area contributed by atoms with Crippen LogP contribution in [0.15, 0.2) is 0 Å². The summed E-state index contributed by atoms with van der Waals surface area (Å²) >= 11 is 0. The standard InChI is InChI=1S/3Mn.7H2O.7O/h;;;7*1H2;;;;;;;/q3*+7;;;;;;;;7*-2/p-7. The Balaban J connectivity index is 0. The third kappa shape index (κ3) is 3840. The van der Waals surface area contributed by atoms with Crippen molar-refractivity contribution in [3.63, 3.8) is 0 Å². The van der Waals surface area contributed by atoms with Gasteiger partial charge in [-0.15, -0.1) is 0 Å². The van der Waals surface area contributed by atoms with Crippen molar-refractivity contribution in [1.29, 1.82) is 0 Å². The van der Waals surface area contributed by atoms with Crippen LogP contribution in [0, 0.1) is 0 Å². The second kappa shape index (κ2) is 4360. The van der Waals surface area contributed by atoms with Crippen LogP contribution in [0.2, 0.25) is 0 Å². The molecule has 7 N–H and O–H groups in total. The molecular weight excluding hydrogens is 389 g/mol. The smallest absolute Gasteiger partial charge is 2.00 e.